The molecule has 0 aromatic heterocycles. The third kappa shape index (κ3) is 6.80. The van der Waals surface area contributed by atoms with Crippen LogP contribution in [0.5, 0.6) is 0 Å². The van der Waals surface area contributed by atoms with Gasteiger partial charge in [0.25, 0.3) is 0 Å². The predicted octanol–water partition coefficient (Wildman–Crippen LogP) is 3.62. The normalized spacial score (nSPS) is 20.6. The van der Waals surface area contributed by atoms with E-state index in [1.165, 1.54) is 51.4 Å². The van der Waals surface area contributed by atoms with Gasteiger partial charge in [-0.25, -0.2) is 0 Å². The standard InChI is InChI=1S/2C6H11NS2.Pb/c2*8-6(9)7-5-3-1-2-4-5;/h2*5H,1-4H2,(H2,7,8,9);/q;;+2/p-2. The van der Waals surface area contributed by atoms with Crippen LogP contribution < -0.4 is 10.6 Å². The molecule has 19 heavy (non-hydrogen) atoms. The molecule has 0 atom stereocenters. The van der Waals surface area contributed by atoms with Gasteiger partial charge in [0.2, 0.25) is 0 Å². The number of nitrogens with one attached hydrogen (secondary N) is 2. The first-order chi connectivity index (χ1) is 9.24. The van der Waals surface area contributed by atoms with Crippen LogP contribution in [0.1, 0.15) is 51.4 Å². The SMILES string of the molecule is S=C(NC1CCCC1)[S][Pb][S]C(=S)NC1CCCC1. The van der Waals surface area contributed by atoms with Crippen LogP contribution in [-0.4, -0.2) is 42.0 Å². The Kier molecular flexibility index (Phi) is 8.32. The summed E-state index contributed by atoms with van der Waals surface area (Å²) >= 11 is 9.99. The minimum absolute atomic E-state index is 0.650. The van der Waals surface area contributed by atoms with Crippen LogP contribution in [0.2, 0.25) is 0 Å². The molecule has 7 heteroatoms. The predicted molar refractivity (Wildman–Crippen MR) is 96.9 cm³/mol. The molecule has 2 nitrogen and oxygen atoms in total. The third-order valence-corrected chi connectivity index (χ3v) is 19.7. The van der Waals surface area contributed by atoms with Crippen molar-refractivity contribution >= 4 is 70.9 Å². The van der Waals surface area contributed by atoms with Gasteiger partial charge in [0.15, 0.2) is 0 Å². The molecule has 2 aliphatic rings. The molecule has 2 radical (unpaired) electrons. The van der Waals surface area contributed by atoms with Crippen molar-refractivity contribution in [2.24, 2.45) is 0 Å². The molecular formula is C12H20N2PbS4. The van der Waals surface area contributed by atoms with E-state index in [0.29, 0.717) is 12.1 Å². The van der Waals surface area contributed by atoms with Crippen LogP contribution in [0.4, 0.5) is 0 Å². The van der Waals surface area contributed by atoms with Crippen LogP contribution >= 0.6 is 41.1 Å². The van der Waals surface area contributed by atoms with Gasteiger partial charge in [-0.1, -0.05) is 0 Å². The average molecular weight is 528 g/mol. The van der Waals surface area contributed by atoms with E-state index < -0.39 is 21.2 Å². The summed E-state index contributed by atoms with van der Waals surface area (Å²) in [6.45, 7) is 0. The van der Waals surface area contributed by atoms with Gasteiger partial charge >= 0.3 is 145 Å². The van der Waals surface area contributed by atoms with E-state index in [0.717, 1.165) is 8.64 Å². The van der Waals surface area contributed by atoms with Crippen LogP contribution in [-0.2, 0) is 0 Å². The van der Waals surface area contributed by atoms with Crippen LogP contribution in [0.15, 0.2) is 0 Å². The van der Waals surface area contributed by atoms with Gasteiger partial charge in [0, 0.05) is 0 Å². The zero-order valence-electron chi connectivity index (χ0n) is 10.9. The summed E-state index contributed by atoms with van der Waals surface area (Å²) in [7, 11) is 3.80. The summed E-state index contributed by atoms with van der Waals surface area (Å²) in [5.41, 5.74) is 0. The van der Waals surface area contributed by atoms with E-state index in [2.05, 4.69) is 10.6 Å². The molecule has 0 aliphatic heterocycles. The molecule has 2 N–H and O–H groups in total. The molecule has 0 saturated heterocycles. The van der Waals surface area contributed by atoms with Gasteiger partial charge in [0.05, 0.1) is 0 Å². The minimum atomic E-state index is -0.832. The molecule has 0 spiro atoms. The Morgan fingerprint density at radius 1 is 0.789 bits per heavy atom. The molecule has 0 unspecified atom stereocenters. The first-order valence-electron chi connectivity index (χ1n) is 6.94. The van der Waals surface area contributed by atoms with E-state index in [4.69, 9.17) is 24.4 Å². The van der Waals surface area contributed by atoms with Crippen LogP contribution in [0.25, 0.3) is 0 Å². The Labute approximate surface area is 143 Å². The Morgan fingerprint density at radius 2 is 1.16 bits per heavy atom. The quantitative estimate of drug-likeness (QED) is 0.428. The molecule has 2 fully saturated rings. The number of hydrogen-bond donors (Lipinski definition) is 2. The van der Waals surface area contributed by atoms with Crippen molar-refractivity contribution in [1.82, 2.24) is 10.6 Å². The monoisotopic (exact) mass is 528 g/mol. The maximum atomic E-state index is 5.41. The number of rotatable bonds is 4. The van der Waals surface area contributed by atoms with E-state index in [1.54, 1.807) is 0 Å². The van der Waals surface area contributed by atoms with Gasteiger partial charge in [0.1, 0.15) is 0 Å². The molecule has 2 saturated carbocycles. The molecule has 106 valence electrons. The molecule has 0 bridgehead atoms. The zero-order chi connectivity index (χ0) is 13.5. The van der Waals surface area contributed by atoms with E-state index >= 15 is 0 Å². The molecular weight excluding hydrogens is 508 g/mol. The van der Waals surface area contributed by atoms with Crippen molar-refractivity contribution < 1.29 is 0 Å². The van der Waals surface area contributed by atoms with Gasteiger partial charge in [-0.15, -0.1) is 0 Å². The van der Waals surface area contributed by atoms with Crippen LogP contribution in [0.3, 0.4) is 0 Å². The summed E-state index contributed by atoms with van der Waals surface area (Å²) in [5.74, 6) is 0. The Bertz CT molecular complexity index is 285. The molecule has 0 aromatic carbocycles. The fourth-order valence-corrected chi connectivity index (χ4v) is 17.7. The van der Waals surface area contributed by atoms with Crippen molar-refractivity contribution in [1.29, 1.82) is 0 Å². The fraction of sp³-hybridized carbons (Fsp3) is 0.833. The van der Waals surface area contributed by atoms with Crippen molar-refractivity contribution in [3.05, 3.63) is 0 Å². The van der Waals surface area contributed by atoms with Gasteiger partial charge in [-0.05, 0) is 0 Å². The Morgan fingerprint density at radius 3 is 1.53 bits per heavy atom. The molecule has 0 amide bonds. The third-order valence-electron chi connectivity index (χ3n) is 3.62. The summed E-state index contributed by atoms with van der Waals surface area (Å²) in [6.07, 6.45) is 10.6. The second-order valence-electron chi connectivity index (χ2n) is 5.11. The summed E-state index contributed by atoms with van der Waals surface area (Å²) in [6, 6.07) is 1.30. The zero-order valence-corrected chi connectivity index (χ0v) is 18.1. The van der Waals surface area contributed by atoms with Crippen molar-refractivity contribution in [3.8, 4) is 0 Å². The van der Waals surface area contributed by atoms with Crippen molar-refractivity contribution in [3.63, 3.8) is 0 Å². The summed E-state index contributed by atoms with van der Waals surface area (Å²) < 4.78 is 2.04. The van der Waals surface area contributed by atoms with Gasteiger partial charge in [-0.2, -0.15) is 0 Å². The van der Waals surface area contributed by atoms with Crippen LogP contribution in [0, 0.1) is 0 Å². The fourth-order valence-electron chi connectivity index (χ4n) is 2.63. The second-order valence-corrected chi connectivity index (χ2v) is 18.9. The first kappa shape index (κ1) is 16.8. The average Bonchev–Trinajstić information content (AvgIpc) is 3.02. The molecule has 2 aliphatic carbocycles. The van der Waals surface area contributed by atoms with E-state index in [1.807, 2.05) is 16.6 Å². The van der Waals surface area contributed by atoms with Crippen molar-refractivity contribution in [2.75, 3.05) is 0 Å². The Balaban J connectivity index is 1.52. The first-order valence-corrected chi connectivity index (χ1v) is 18.9. The van der Waals surface area contributed by atoms with Gasteiger partial charge in [-0.3, -0.25) is 0 Å². The molecule has 2 rings (SSSR count). The van der Waals surface area contributed by atoms with Gasteiger partial charge < -0.3 is 0 Å². The molecule has 0 heterocycles. The maximum absolute atomic E-state index is 5.41. The number of hydrogen-bond acceptors (Lipinski definition) is 4. The number of thiocarbonyl (C=S) groups is 2. The summed E-state index contributed by atoms with van der Waals surface area (Å²) in [4.78, 5) is 0. The van der Waals surface area contributed by atoms with E-state index in [9.17, 15) is 0 Å². The van der Waals surface area contributed by atoms with E-state index in [-0.39, 0.29) is 0 Å². The van der Waals surface area contributed by atoms with Crippen molar-refractivity contribution in [2.45, 2.75) is 63.5 Å². The Hall–Kier alpha value is 1.40. The molecule has 0 aromatic rings. The summed E-state index contributed by atoms with van der Waals surface area (Å²) in [5, 5.41) is 6.98. The second kappa shape index (κ2) is 9.43. The topological polar surface area (TPSA) is 24.1 Å².